The number of rotatable bonds is 16. The molecule has 12 aromatic rings. The van der Waals surface area contributed by atoms with Crippen LogP contribution < -0.4 is 66.5 Å². The number of piperidine rings is 3. The second-order valence-corrected chi connectivity index (χ2v) is 35.7. The number of aldehydes is 1. The molecule has 0 aromatic carbocycles. The summed E-state index contributed by atoms with van der Waals surface area (Å²) in [5.74, 6) is 7.28. The van der Waals surface area contributed by atoms with Crippen molar-refractivity contribution in [3.05, 3.63) is 140 Å². The smallest absolute Gasteiger partial charge is 0.813 e. The quantitative estimate of drug-likeness (QED) is 0.00651. The predicted molar refractivity (Wildman–Crippen MR) is 478 cm³/mol. The summed E-state index contributed by atoms with van der Waals surface area (Å²) in [6, 6.07) is 15.1. The summed E-state index contributed by atoms with van der Waals surface area (Å²) in [6.45, 7) is 24.6. The normalized spacial score (nSPS) is 20.0. The molecule has 0 radical (unpaired) electrons. The molecule has 694 valence electrons. The minimum absolute atomic E-state index is 0. The van der Waals surface area contributed by atoms with E-state index in [0.29, 0.717) is 13.2 Å². The summed E-state index contributed by atoms with van der Waals surface area (Å²) < 4.78 is 67.4. The first kappa shape index (κ1) is 101. The minimum atomic E-state index is -4.64. The van der Waals surface area contributed by atoms with Crippen LogP contribution in [-0.4, -0.2) is 204 Å². The molecule has 0 aliphatic carbocycles. The van der Waals surface area contributed by atoms with Crippen molar-refractivity contribution in [1.82, 2.24) is 83.6 Å². The number of nitrogens with zero attached hydrogens (tertiary/aromatic N) is 30. The number of alkyl halides is 3. The van der Waals surface area contributed by atoms with E-state index in [1.165, 1.54) is 0 Å². The number of carbonyl (C=O) groups excluding carboxylic acids is 3. The molecule has 12 aromatic heterocycles. The number of alkyl carbamates (subject to hydrolysis) is 2. The second-order valence-electron chi connectivity index (χ2n) is 32.7. The van der Waals surface area contributed by atoms with Crippen molar-refractivity contribution < 1.29 is 80.8 Å². The summed E-state index contributed by atoms with van der Waals surface area (Å²) in [5, 5.41) is 52.8. The van der Waals surface area contributed by atoms with Crippen LogP contribution in [0.4, 0.5) is 40.6 Å². The molecule has 6 fully saturated rings. The van der Waals surface area contributed by atoms with Crippen molar-refractivity contribution in [2.24, 2.45) is 106 Å². The number of hydrogen-bond donors (Lipinski definition) is 8. The number of imidazole rings is 3. The molecule has 0 saturated carbocycles. The summed E-state index contributed by atoms with van der Waals surface area (Å²) >= 11 is 6.73. The number of halogens is 4. The van der Waals surface area contributed by atoms with E-state index in [9.17, 15) is 22.8 Å². The van der Waals surface area contributed by atoms with Gasteiger partial charge in [-0.15, -0.1) is 6.20 Å². The van der Waals surface area contributed by atoms with Crippen LogP contribution in [-0.2, 0) is 42.0 Å². The molecule has 2 amide bonds. The van der Waals surface area contributed by atoms with Gasteiger partial charge in [0.15, 0.2) is 11.3 Å². The standard InChI is InChI=1S/C27H33N7O3S.C22H25N7OS.C20H28N5O3.C7H5BrN2.C2HF3O.H3N17.Na.H2S/c1-17-21(32-25(35)37-26(2,3)4)27(16-36-17)7-12-33(13-8-27)24-31-15-20(23-30-11-14-34(23)24)38-19-6-10-29-22-18(19)5-9-28-22;1-14-18(23)22(13-30-14)4-9-28(10-5-22)21-27-12-17(20-26-8-11-29(20)21)31-16-3-7-25-19-15(16)2-6-24-19;1-14-16(23-18(26)28-19(2,3)4)20(13-27-14)6-10-24(11-7-20)17-22-8-5-15-21-9-12-25(15)17;8-6-2-4-10-7-5(6)1-3-9-7;3-2(4,5)1-6;1-3-5-7-9-11-13-15-17-16-14-12-10-8-6-4-2;;/h5-6,9-11,14-15,17,21H,7-8,12-13,16H2,1-4H3,(H,28,29)(H,32,35);2-3,6-8,11-12,14,18H,4-5,9-10,13,23H2,1H3,(H,24,25);8-9,12,14,16H,6-7,10-11,13H2,1-4H3,(H,23,26);1-4H,(H,9,10);1H;(H3,1,2,5,6,9,10,13,14,17);;1H2/q;;-1;;;;+1;/p-1/t17-,21+;14-,18+;14-,16+;;;;;/m000...../s1. The van der Waals surface area contributed by atoms with Gasteiger partial charge in [0.1, 0.15) is 28.1 Å². The van der Waals surface area contributed by atoms with E-state index in [1.54, 1.807) is 42.1 Å². The first-order chi connectivity index (χ1) is 62.5. The van der Waals surface area contributed by atoms with Gasteiger partial charge in [0.2, 0.25) is 24.1 Å². The number of ether oxygens (including phenoxy) is 5. The Morgan fingerprint density at radius 1 is 0.530 bits per heavy atom. The van der Waals surface area contributed by atoms with E-state index in [-0.39, 0.29) is 108 Å². The molecule has 18 rings (SSSR count). The van der Waals surface area contributed by atoms with Gasteiger partial charge >= 0.3 is 47.9 Å². The van der Waals surface area contributed by atoms with Crippen LogP contribution >= 0.6 is 39.5 Å². The zero-order valence-corrected chi connectivity index (χ0v) is 79.5. The maximum atomic E-state index is 12.6. The van der Waals surface area contributed by atoms with Crippen molar-refractivity contribution in [3.8, 4) is 0 Å². The topological polar surface area (TPSA) is 569 Å². The number of nitrogens with one attached hydrogen (secondary N) is 6. The molecule has 18 heterocycles. The largest absolute Gasteiger partial charge is 1.00 e. The van der Waals surface area contributed by atoms with E-state index in [0.717, 1.165) is 176 Å². The zero-order valence-electron chi connectivity index (χ0n) is 73.4. The summed E-state index contributed by atoms with van der Waals surface area (Å²) in [5.41, 5.74) is 16.7. The number of anilines is 3. The number of nitrogens with two attached hydrogens (primary N) is 2. The molecule has 6 saturated heterocycles. The number of aromatic amines is 3. The van der Waals surface area contributed by atoms with Crippen LogP contribution in [0.15, 0.2) is 232 Å². The molecular weight excluding hydrogens is 1850 g/mol. The zero-order chi connectivity index (χ0) is 92.2. The summed E-state index contributed by atoms with van der Waals surface area (Å²) in [7, 11) is 0. The second kappa shape index (κ2) is 45.6. The monoisotopic (exact) mass is 1950 g/mol. The number of aromatic nitrogens is 15. The fourth-order valence-electron chi connectivity index (χ4n) is 16.1. The van der Waals surface area contributed by atoms with E-state index >= 15 is 0 Å². The Kier molecular flexibility index (Phi) is 34.9. The number of hydrogen-bond acceptors (Lipinski definition) is 26. The van der Waals surface area contributed by atoms with E-state index in [2.05, 4.69) is 203 Å². The average Bonchev–Trinajstić information content (AvgIpc) is 1.58. The predicted octanol–water partition coefficient (Wildman–Crippen LogP) is 12.4. The van der Waals surface area contributed by atoms with Gasteiger partial charge in [0.25, 0.3) is 0 Å². The van der Waals surface area contributed by atoms with Crippen LogP contribution in [0, 0.1) is 27.8 Å². The maximum absolute atomic E-state index is 12.6. The van der Waals surface area contributed by atoms with Crippen molar-refractivity contribution >= 4 is 139 Å². The number of amides is 2. The van der Waals surface area contributed by atoms with Gasteiger partial charge in [-0.05, 0) is 232 Å². The van der Waals surface area contributed by atoms with Crippen LogP contribution in [0.25, 0.3) is 50.0 Å². The molecule has 0 bridgehead atoms. The summed E-state index contributed by atoms with van der Waals surface area (Å²) in [6.07, 6.45) is 27.1. The molecule has 6 aliphatic rings. The molecule has 0 unspecified atom stereocenters. The Labute approximate surface area is 797 Å². The minimum Gasteiger partial charge on any atom is -0.813 e. The van der Waals surface area contributed by atoms with Gasteiger partial charge in [-0.3, -0.25) is 23.6 Å². The van der Waals surface area contributed by atoms with Crippen molar-refractivity contribution in [3.63, 3.8) is 0 Å². The molecule has 6 aliphatic heterocycles. The Morgan fingerprint density at radius 2 is 0.902 bits per heavy atom. The van der Waals surface area contributed by atoms with Gasteiger partial charge in [0, 0.05) is 179 Å². The van der Waals surface area contributed by atoms with Gasteiger partial charge in [-0.1, -0.05) is 28.7 Å². The molecule has 3 spiro atoms. The van der Waals surface area contributed by atoms with Crippen LogP contribution in [0.1, 0.15) is 101 Å². The van der Waals surface area contributed by atoms with Crippen LogP contribution in [0.2, 0.25) is 0 Å². The van der Waals surface area contributed by atoms with Crippen LogP contribution in [0.5, 0.6) is 0 Å². The Balaban J connectivity index is 0.000000163. The number of pyridine rings is 3. The van der Waals surface area contributed by atoms with E-state index in [4.69, 9.17) is 49.7 Å². The number of carbonyl (C=O) groups is 3. The Bertz CT molecular complexity index is 6070. The number of thiol groups is 1. The average molecular weight is 1950 g/mol. The number of H-pyrrole nitrogens is 3. The first-order valence-electron chi connectivity index (χ1n) is 40.9. The molecule has 10 N–H and O–H groups in total. The maximum Gasteiger partial charge on any atom is 1.00 e. The molecular formula is C78H96BrF3N38NaO8S3-. The molecule has 132 heavy (non-hydrogen) atoms. The van der Waals surface area contributed by atoms with Crippen molar-refractivity contribution in [2.75, 3.05) is 73.8 Å². The third-order valence-corrected chi connectivity index (χ3v) is 25.1. The van der Waals surface area contributed by atoms with Gasteiger partial charge in [-0.25, -0.2) is 44.5 Å². The van der Waals surface area contributed by atoms with Gasteiger partial charge < -0.3 is 99.5 Å². The number of fused-ring (bicyclic) bond motifs is 6. The Morgan fingerprint density at radius 3 is 1.30 bits per heavy atom. The van der Waals surface area contributed by atoms with E-state index < -0.39 is 23.7 Å². The summed E-state index contributed by atoms with van der Waals surface area (Å²) in [4.78, 5) is 94.9. The molecule has 54 heteroatoms. The SMILES string of the molecule is Brc1ccnc2[nH]ccc12.C[C@@H]1OCC2(CCN(c3nc[c-]c4nccn34)CC2)[C@@H]1NC(=O)OC(C)(C)C.C[C@@H]1OCC2(CCN(c3ncc(Sc4ccnc5[nH]ccc45)c4nccn34)CC2)[C@@H]1N.C[C@@H]1OCC2(CCN(c3ncc(Sc4ccnc5[nH]ccc45)c4nccn34)CC2)[C@@H]1NC(=O)OC(C)(C)C.N=N/N=N/N=N/N=N/N=N/N=N/N=N/N=N/N.O=CC(F)(F)F.[Na+].[SH-]. The fourth-order valence-corrected chi connectivity index (χ4v) is 18.5. The van der Waals surface area contributed by atoms with Crippen molar-refractivity contribution in [1.29, 1.82) is 5.53 Å². The molecule has 46 nitrogen and oxygen atoms in total. The first-order valence-corrected chi connectivity index (χ1v) is 43.3. The fraction of sp³-hybridized carbons (Fsp3) is 0.462. The van der Waals surface area contributed by atoms with E-state index in [1.807, 2.05) is 164 Å². The van der Waals surface area contributed by atoms with Gasteiger partial charge in [-0.2, -0.15) is 18.7 Å². The third-order valence-electron chi connectivity index (χ3n) is 22.2. The molecule has 6 atom stereocenters. The van der Waals surface area contributed by atoms with Gasteiger partial charge in [0.05, 0.1) is 60.0 Å². The third kappa shape index (κ3) is 25.4. The van der Waals surface area contributed by atoms with Crippen molar-refractivity contribution in [2.45, 2.75) is 174 Å². The Hall–Kier alpha value is -11.7. The van der Waals surface area contributed by atoms with Crippen LogP contribution in [0.3, 0.4) is 0 Å².